The van der Waals surface area contributed by atoms with Gasteiger partial charge in [-0.05, 0) is 50.1 Å². The van der Waals surface area contributed by atoms with Gasteiger partial charge in [0.15, 0.2) is 15.1 Å². The molecule has 4 heterocycles. The molecule has 1 aliphatic heterocycles. The van der Waals surface area contributed by atoms with Crippen molar-refractivity contribution in [2.45, 2.75) is 42.4 Å². The van der Waals surface area contributed by atoms with Crippen LogP contribution < -0.4 is 5.32 Å². The molecule has 1 N–H and O–H groups in total. The number of nitrogens with zero attached hydrogens (tertiary/aromatic N) is 4. The zero-order valence-corrected chi connectivity index (χ0v) is 22.2. The van der Waals surface area contributed by atoms with Gasteiger partial charge < -0.3 is 4.42 Å². The summed E-state index contributed by atoms with van der Waals surface area (Å²) in [6.45, 7) is 4.71. The largest absolute Gasteiger partial charge is 0.423 e. The van der Waals surface area contributed by atoms with Gasteiger partial charge in [0.25, 0.3) is 5.24 Å². The van der Waals surface area contributed by atoms with Crippen LogP contribution in [0.3, 0.4) is 0 Å². The minimum Gasteiger partial charge on any atom is -0.423 e. The number of carbonyl (C=O) groups is 2. The molecule has 0 saturated carbocycles. The number of amides is 2. The number of nitrogens with one attached hydrogen (secondary N) is 1. The van der Waals surface area contributed by atoms with E-state index in [4.69, 9.17) is 4.42 Å². The first-order valence-electron chi connectivity index (χ1n) is 11.0. The third-order valence-corrected chi connectivity index (χ3v) is 10.7. The molecule has 0 radical (unpaired) electrons. The monoisotopic (exact) mass is 561 g/mol. The lowest BCUT2D eigenvalue weighted by molar-refractivity contribution is -0.119. The molecule has 0 aliphatic carbocycles. The van der Waals surface area contributed by atoms with Crippen molar-refractivity contribution in [2.24, 2.45) is 0 Å². The molecule has 37 heavy (non-hydrogen) atoms. The van der Waals surface area contributed by atoms with E-state index in [0.717, 1.165) is 28.7 Å². The van der Waals surface area contributed by atoms with Crippen LogP contribution >= 0.6 is 23.1 Å². The number of rotatable bonds is 6. The van der Waals surface area contributed by atoms with E-state index in [1.807, 2.05) is 0 Å². The summed E-state index contributed by atoms with van der Waals surface area (Å²) in [4.78, 5) is 31.5. The predicted octanol–water partition coefficient (Wildman–Crippen LogP) is 4.08. The third-order valence-electron chi connectivity index (χ3n) is 5.69. The fourth-order valence-corrected chi connectivity index (χ4v) is 7.38. The highest BCUT2D eigenvalue weighted by atomic mass is 32.2. The molecule has 1 aliphatic rings. The van der Waals surface area contributed by atoms with Crippen molar-refractivity contribution in [3.63, 3.8) is 0 Å². The maximum atomic E-state index is 13.7. The van der Waals surface area contributed by atoms with Crippen molar-refractivity contribution >= 4 is 54.3 Å². The summed E-state index contributed by atoms with van der Waals surface area (Å²) in [6.07, 6.45) is 1.35. The van der Waals surface area contributed by atoms with Crippen LogP contribution in [0.2, 0.25) is 0 Å². The standard InChI is InChI=1S/C23H20FN5O5S3/c1-23(2,3)37(32,33)18(20-29-28-17(34-20)10-15-19(30)27-22(31)36-15)21-26-13-5-4-11(8-14(13)35-21)12-6-7-25-16(24)9-12/h4-9,15,18H,10H2,1-3H3,(H,27,30,31). The summed E-state index contributed by atoms with van der Waals surface area (Å²) in [7, 11) is -3.94. The summed E-state index contributed by atoms with van der Waals surface area (Å²) in [6, 6.07) is 8.29. The maximum absolute atomic E-state index is 13.7. The first-order chi connectivity index (χ1) is 17.4. The van der Waals surface area contributed by atoms with Crippen LogP contribution in [0.5, 0.6) is 0 Å². The van der Waals surface area contributed by atoms with Crippen molar-refractivity contribution in [2.75, 3.05) is 0 Å². The lowest BCUT2D eigenvalue weighted by atomic mass is 10.1. The van der Waals surface area contributed by atoms with Crippen LogP contribution in [0, 0.1) is 5.95 Å². The van der Waals surface area contributed by atoms with Crippen molar-refractivity contribution in [3.05, 3.63) is 59.3 Å². The number of benzene rings is 1. The van der Waals surface area contributed by atoms with Gasteiger partial charge in [-0.2, -0.15) is 4.39 Å². The van der Waals surface area contributed by atoms with Crippen LogP contribution in [-0.4, -0.2) is 49.7 Å². The van der Waals surface area contributed by atoms with E-state index in [9.17, 15) is 22.4 Å². The molecule has 0 bridgehead atoms. The first-order valence-corrected chi connectivity index (χ1v) is 14.3. The Morgan fingerprint density at radius 2 is 1.89 bits per heavy atom. The molecule has 192 valence electrons. The second-order valence-electron chi connectivity index (χ2n) is 9.26. The number of hydrogen-bond acceptors (Lipinski definition) is 11. The molecule has 2 amide bonds. The van der Waals surface area contributed by atoms with Crippen molar-refractivity contribution in [1.29, 1.82) is 0 Å². The normalized spacial score (nSPS) is 17.4. The fourth-order valence-electron chi connectivity index (χ4n) is 3.68. The van der Waals surface area contributed by atoms with Gasteiger partial charge in [-0.3, -0.25) is 14.9 Å². The smallest absolute Gasteiger partial charge is 0.286 e. The molecular formula is C23H20FN5O5S3. The molecule has 3 aromatic heterocycles. The summed E-state index contributed by atoms with van der Waals surface area (Å²) in [5.41, 5.74) is 1.91. The molecule has 14 heteroatoms. The van der Waals surface area contributed by atoms with E-state index < -0.39 is 42.2 Å². The molecule has 0 spiro atoms. The fraction of sp³-hybridized carbons (Fsp3) is 0.304. The maximum Gasteiger partial charge on any atom is 0.286 e. The van der Waals surface area contributed by atoms with Gasteiger partial charge in [0, 0.05) is 18.7 Å². The number of fused-ring (bicyclic) bond motifs is 1. The lowest BCUT2D eigenvalue weighted by Crippen LogP contribution is -2.33. The van der Waals surface area contributed by atoms with Gasteiger partial charge in [0.05, 0.1) is 15.0 Å². The number of aromatic nitrogens is 4. The number of imide groups is 1. The Bertz CT molecular complexity index is 1640. The second-order valence-corrected chi connectivity index (χ2v) is 14.3. The van der Waals surface area contributed by atoms with Gasteiger partial charge in [-0.1, -0.05) is 17.8 Å². The molecule has 1 aromatic carbocycles. The summed E-state index contributed by atoms with van der Waals surface area (Å²) in [5.74, 6) is -1.21. The van der Waals surface area contributed by atoms with Gasteiger partial charge in [-0.15, -0.1) is 21.5 Å². The average molecular weight is 562 g/mol. The first kappa shape index (κ1) is 25.4. The van der Waals surface area contributed by atoms with Gasteiger partial charge in [0.1, 0.15) is 10.3 Å². The number of sulfone groups is 1. The van der Waals surface area contributed by atoms with E-state index in [2.05, 4.69) is 25.5 Å². The second kappa shape index (κ2) is 9.26. The zero-order chi connectivity index (χ0) is 26.5. The molecule has 2 atom stereocenters. The Kier molecular flexibility index (Phi) is 6.36. The van der Waals surface area contributed by atoms with Crippen LogP contribution in [0.15, 0.2) is 40.9 Å². The highest BCUT2D eigenvalue weighted by Crippen LogP contribution is 2.41. The van der Waals surface area contributed by atoms with Crippen molar-refractivity contribution < 1.29 is 26.8 Å². The summed E-state index contributed by atoms with van der Waals surface area (Å²) in [5, 5.41) is 7.82. The Hall–Kier alpha value is -3.23. The molecule has 2 unspecified atom stereocenters. The van der Waals surface area contributed by atoms with E-state index >= 15 is 0 Å². The van der Waals surface area contributed by atoms with Crippen LogP contribution in [-0.2, 0) is 21.1 Å². The van der Waals surface area contributed by atoms with Crippen molar-refractivity contribution in [3.8, 4) is 11.1 Å². The number of thioether (sulfide) groups is 1. The molecular weight excluding hydrogens is 541 g/mol. The van der Waals surface area contributed by atoms with Crippen LogP contribution in [0.4, 0.5) is 9.18 Å². The Morgan fingerprint density at radius 1 is 1.14 bits per heavy atom. The van der Waals surface area contributed by atoms with E-state index in [1.54, 1.807) is 45.0 Å². The summed E-state index contributed by atoms with van der Waals surface area (Å²) >= 11 is 1.97. The highest BCUT2D eigenvalue weighted by molar-refractivity contribution is 8.15. The van der Waals surface area contributed by atoms with Gasteiger partial charge in [0.2, 0.25) is 23.6 Å². The van der Waals surface area contributed by atoms with E-state index in [0.29, 0.717) is 15.8 Å². The molecule has 1 fully saturated rings. The lowest BCUT2D eigenvalue weighted by Gasteiger charge is -2.23. The Labute approximate surface area is 219 Å². The molecule has 5 rings (SSSR count). The molecule has 1 saturated heterocycles. The van der Waals surface area contributed by atoms with Crippen LogP contribution in [0.1, 0.15) is 42.8 Å². The Morgan fingerprint density at radius 3 is 2.57 bits per heavy atom. The minimum absolute atomic E-state index is 0.0246. The zero-order valence-electron chi connectivity index (χ0n) is 19.8. The van der Waals surface area contributed by atoms with Crippen LogP contribution in [0.25, 0.3) is 21.3 Å². The average Bonchev–Trinajstić information content (AvgIpc) is 3.51. The van der Waals surface area contributed by atoms with E-state index in [1.165, 1.54) is 12.3 Å². The van der Waals surface area contributed by atoms with Gasteiger partial charge in [-0.25, -0.2) is 18.4 Å². The van der Waals surface area contributed by atoms with E-state index in [-0.39, 0.29) is 23.2 Å². The van der Waals surface area contributed by atoms with Gasteiger partial charge >= 0.3 is 0 Å². The topological polar surface area (TPSA) is 145 Å². The predicted molar refractivity (Wildman–Crippen MR) is 136 cm³/mol. The number of pyridine rings is 1. The van der Waals surface area contributed by atoms with Crippen molar-refractivity contribution in [1.82, 2.24) is 25.5 Å². The third kappa shape index (κ3) is 4.88. The minimum atomic E-state index is -3.94. The Balaban J connectivity index is 1.55. The highest BCUT2D eigenvalue weighted by Gasteiger charge is 2.44. The quantitative estimate of drug-likeness (QED) is 0.342. The molecule has 4 aromatic rings. The number of halogens is 1. The number of carbonyl (C=O) groups excluding carboxylic acids is 2. The number of thiazole rings is 1. The SMILES string of the molecule is CC(C)(C)S(=O)(=O)C(c1nnc(CC2SC(=O)NC2=O)o1)c1nc2ccc(-c3ccnc(F)c3)cc2s1. The molecule has 10 nitrogen and oxygen atoms in total. The number of hydrogen-bond donors (Lipinski definition) is 1. The summed E-state index contributed by atoms with van der Waals surface area (Å²) < 4.78 is 46.2.